The Hall–Kier alpha value is -1.44. The molecule has 8 heteroatoms. The van der Waals surface area contributed by atoms with Crippen LogP contribution < -0.4 is 5.32 Å². The van der Waals surface area contributed by atoms with Gasteiger partial charge in [-0.15, -0.1) is 11.8 Å². The van der Waals surface area contributed by atoms with Crippen LogP contribution in [0.4, 0.5) is 24.5 Å². The standard InChI is InChI=1S/C16H23F3N2O2S/c1-3-5-6-7-13(4-2)24-11-20-14-9-8-12(16(17,18)19)10-15(14)21(22)23/h8-10,13,20H,3-7,11H2,1-2H3/t13-/m1/s1. The molecule has 0 fully saturated rings. The number of unbranched alkanes of at least 4 members (excludes halogenated alkanes) is 2. The van der Waals surface area contributed by atoms with E-state index in [4.69, 9.17) is 0 Å². The lowest BCUT2D eigenvalue weighted by molar-refractivity contribution is -0.384. The summed E-state index contributed by atoms with van der Waals surface area (Å²) < 4.78 is 38.0. The van der Waals surface area contributed by atoms with Crippen molar-refractivity contribution in [1.82, 2.24) is 0 Å². The van der Waals surface area contributed by atoms with E-state index in [0.29, 0.717) is 17.2 Å². The predicted octanol–water partition coefficient (Wildman–Crippen LogP) is 6.08. The molecule has 1 aromatic carbocycles. The summed E-state index contributed by atoms with van der Waals surface area (Å²) in [5.41, 5.74) is -1.45. The van der Waals surface area contributed by atoms with Crippen molar-refractivity contribution < 1.29 is 18.1 Å². The van der Waals surface area contributed by atoms with E-state index in [9.17, 15) is 23.3 Å². The van der Waals surface area contributed by atoms with Gasteiger partial charge in [0.1, 0.15) is 5.69 Å². The first kappa shape index (κ1) is 20.6. The van der Waals surface area contributed by atoms with Crippen molar-refractivity contribution in [3.8, 4) is 0 Å². The van der Waals surface area contributed by atoms with E-state index >= 15 is 0 Å². The van der Waals surface area contributed by atoms with Crippen LogP contribution in [0.25, 0.3) is 0 Å². The van der Waals surface area contributed by atoms with Gasteiger partial charge in [0.2, 0.25) is 0 Å². The maximum atomic E-state index is 12.7. The number of alkyl halides is 3. The minimum atomic E-state index is -4.59. The molecule has 0 amide bonds. The largest absolute Gasteiger partial charge is 0.416 e. The molecule has 1 rings (SSSR count). The number of hydrogen-bond donors (Lipinski definition) is 1. The second-order valence-electron chi connectivity index (χ2n) is 5.50. The molecule has 0 saturated heterocycles. The number of nitrogens with zero attached hydrogens (tertiary/aromatic N) is 1. The van der Waals surface area contributed by atoms with Crippen LogP contribution in [0.1, 0.15) is 51.5 Å². The van der Waals surface area contributed by atoms with Crippen molar-refractivity contribution >= 4 is 23.1 Å². The van der Waals surface area contributed by atoms with Gasteiger partial charge in [-0.1, -0.05) is 33.1 Å². The molecule has 4 nitrogen and oxygen atoms in total. The van der Waals surface area contributed by atoms with Crippen molar-refractivity contribution in [3.05, 3.63) is 33.9 Å². The highest BCUT2D eigenvalue weighted by Gasteiger charge is 2.33. The molecular weight excluding hydrogens is 341 g/mol. The van der Waals surface area contributed by atoms with E-state index in [1.807, 2.05) is 0 Å². The van der Waals surface area contributed by atoms with E-state index in [1.54, 1.807) is 11.8 Å². The quantitative estimate of drug-likeness (QED) is 0.237. The van der Waals surface area contributed by atoms with Gasteiger partial charge in [0.25, 0.3) is 5.69 Å². The summed E-state index contributed by atoms with van der Waals surface area (Å²) in [5.74, 6) is 0.427. The lowest BCUT2D eigenvalue weighted by Crippen LogP contribution is -2.10. The Morgan fingerprint density at radius 2 is 2.00 bits per heavy atom. The number of rotatable bonds is 10. The molecule has 24 heavy (non-hydrogen) atoms. The number of thioether (sulfide) groups is 1. The van der Waals surface area contributed by atoms with Gasteiger partial charge in [-0.05, 0) is 25.0 Å². The second-order valence-corrected chi connectivity index (χ2v) is 6.79. The Bertz CT molecular complexity index is 539. The molecular formula is C16H23F3N2O2S. The van der Waals surface area contributed by atoms with Crippen LogP contribution in [0.15, 0.2) is 18.2 Å². The van der Waals surface area contributed by atoms with Gasteiger partial charge in [0, 0.05) is 11.3 Å². The number of nitrogens with one attached hydrogen (secondary N) is 1. The average molecular weight is 364 g/mol. The minimum absolute atomic E-state index is 0.115. The van der Waals surface area contributed by atoms with Crippen LogP contribution >= 0.6 is 11.8 Å². The Kier molecular flexibility index (Phi) is 8.38. The third kappa shape index (κ3) is 6.59. The highest BCUT2D eigenvalue weighted by Crippen LogP contribution is 2.35. The van der Waals surface area contributed by atoms with Crippen LogP contribution in [-0.2, 0) is 6.18 Å². The maximum absolute atomic E-state index is 12.7. The number of benzene rings is 1. The van der Waals surface area contributed by atoms with Gasteiger partial charge in [-0.3, -0.25) is 10.1 Å². The topological polar surface area (TPSA) is 55.2 Å². The van der Waals surface area contributed by atoms with E-state index in [2.05, 4.69) is 19.2 Å². The molecule has 0 aliphatic rings. The fourth-order valence-electron chi connectivity index (χ4n) is 2.27. The Morgan fingerprint density at radius 3 is 2.54 bits per heavy atom. The summed E-state index contributed by atoms with van der Waals surface area (Å²) in [6.45, 7) is 4.23. The molecule has 0 saturated carbocycles. The maximum Gasteiger partial charge on any atom is 0.416 e. The smallest absolute Gasteiger partial charge is 0.370 e. The van der Waals surface area contributed by atoms with E-state index in [1.165, 1.54) is 6.42 Å². The Morgan fingerprint density at radius 1 is 1.29 bits per heavy atom. The van der Waals surface area contributed by atoms with Crippen molar-refractivity contribution in [2.24, 2.45) is 0 Å². The first-order valence-electron chi connectivity index (χ1n) is 8.00. The van der Waals surface area contributed by atoms with Crippen molar-refractivity contribution in [2.45, 2.75) is 57.4 Å². The van der Waals surface area contributed by atoms with E-state index in [0.717, 1.165) is 37.8 Å². The third-order valence-corrected chi connectivity index (χ3v) is 5.04. The van der Waals surface area contributed by atoms with Gasteiger partial charge < -0.3 is 5.32 Å². The molecule has 0 aliphatic carbocycles. The molecule has 1 N–H and O–H groups in total. The summed E-state index contributed by atoms with van der Waals surface area (Å²) in [5, 5.41) is 14.3. The summed E-state index contributed by atoms with van der Waals surface area (Å²) in [7, 11) is 0. The molecule has 1 atom stereocenters. The zero-order valence-corrected chi connectivity index (χ0v) is 14.7. The van der Waals surface area contributed by atoms with Crippen LogP contribution in [0.2, 0.25) is 0 Å². The second kappa shape index (κ2) is 9.76. The van der Waals surface area contributed by atoms with Crippen molar-refractivity contribution in [3.63, 3.8) is 0 Å². The number of hydrogen-bond acceptors (Lipinski definition) is 4. The normalized spacial score (nSPS) is 12.9. The summed E-state index contributed by atoms with van der Waals surface area (Å²) in [6.07, 6.45) is 0.940. The van der Waals surface area contributed by atoms with Crippen LogP contribution in [0.5, 0.6) is 0 Å². The average Bonchev–Trinajstić information content (AvgIpc) is 2.52. The number of anilines is 1. The molecule has 1 aromatic rings. The number of halogens is 3. The lowest BCUT2D eigenvalue weighted by atomic mass is 10.1. The minimum Gasteiger partial charge on any atom is -0.370 e. The highest BCUT2D eigenvalue weighted by atomic mass is 32.2. The van der Waals surface area contributed by atoms with Gasteiger partial charge >= 0.3 is 6.18 Å². The fraction of sp³-hybridized carbons (Fsp3) is 0.625. The van der Waals surface area contributed by atoms with Gasteiger partial charge in [-0.25, -0.2) is 0 Å². The van der Waals surface area contributed by atoms with Crippen molar-refractivity contribution in [2.75, 3.05) is 11.2 Å². The third-order valence-electron chi connectivity index (χ3n) is 3.69. The molecule has 0 aromatic heterocycles. The summed E-state index contributed by atoms with van der Waals surface area (Å²) in [4.78, 5) is 10.2. The van der Waals surface area contributed by atoms with Gasteiger partial charge in [-0.2, -0.15) is 13.2 Å². The molecule has 0 bridgehead atoms. The molecule has 0 heterocycles. The predicted molar refractivity (Wildman–Crippen MR) is 92.4 cm³/mol. The van der Waals surface area contributed by atoms with Gasteiger partial charge in [0.05, 0.1) is 16.4 Å². The summed E-state index contributed by atoms with van der Waals surface area (Å²) in [6, 6.07) is 2.56. The number of nitro benzene ring substituents is 1. The first-order chi connectivity index (χ1) is 11.3. The van der Waals surface area contributed by atoms with Gasteiger partial charge in [0.15, 0.2) is 0 Å². The Labute approximate surface area is 144 Å². The molecule has 0 radical (unpaired) electrons. The van der Waals surface area contributed by atoms with Crippen LogP contribution in [0.3, 0.4) is 0 Å². The zero-order valence-electron chi connectivity index (χ0n) is 13.9. The fourth-order valence-corrected chi connectivity index (χ4v) is 3.32. The summed E-state index contributed by atoms with van der Waals surface area (Å²) >= 11 is 1.64. The highest BCUT2D eigenvalue weighted by molar-refractivity contribution is 7.99. The molecule has 0 unspecified atom stereocenters. The molecule has 136 valence electrons. The van der Waals surface area contributed by atoms with E-state index < -0.39 is 22.4 Å². The van der Waals surface area contributed by atoms with E-state index in [-0.39, 0.29) is 5.69 Å². The molecule has 0 aliphatic heterocycles. The lowest BCUT2D eigenvalue weighted by Gasteiger charge is -2.15. The number of nitro groups is 1. The first-order valence-corrected chi connectivity index (χ1v) is 9.05. The zero-order chi connectivity index (χ0) is 18.2. The van der Waals surface area contributed by atoms with Crippen molar-refractivity contribution in [1.29, 1.82) is 0 Å². The Balaban J connectivity index is 2.68. The monoisotopic (exact) mass is 364 g/mol. The van der Waals surface area contributed by atoms with Crippen LogP contribution in [0, 0.1) is 10.1 Å². The molecule has 0 spiro atoms. The SMILES string of the molecule is CCCCC[C@@H](CC)SCNc1ccc(C(F)(F)F)cc1[N+](=O)[O-]. The van der Waals surface area contributed by atoms with Crippen LogP contribution in [-0.4, -0.2) is 16.1 Å².